The highest BCUT2D eigenvalue weighted by molar-refractivity contribution is 6.39. The number of rotatable bonds is 6. The van der Waals surface area contributed by atoms with Crippen molar-refractivity contribution in [1.29, 1.82) is 0 Å². The van der Waals surface area contributed by atoms with Gasteiger partial charge >= 0.3 is 11.8 Å². The minimum atomic E-state index is -0.550. The van der Waals surface area contributed by atoms with Crippen molar-refractivity contribution in [3.8, 4) is 0 Å². The van der Waals surface area contributed by atoms with E-state index in [-0.39, 0.29) is 6.04 Å². The molecule has 0 radical (unpaired) electrons. The number of carbonyl (C=O) groups is 2. The smallest absolute Gasteiger partial charge is 0.313 e. The Bertz CT molecular complexity index is 598. The van der Waals surface area contributed by atoms with Crippen LogP contribution < -0.4 is 5.32 Å². The van der Waals surface area contributed by atoms with Crippen molar-refractivity contribution in [3.63, 3.8) is 0 Å². The predicted octanol–water partition coefficient (Wildman–Crippen LogP) is 2.95. The van der Waals surface area contributed by atoms with Crippen LogP contribution in [0, 0.1) is 5.92 Å². The van der Waals surface area contributed by atoms with Crippen LogP contribution in [-0.4, -0.2) is 35.9 Å². The topological polar surface area (TPSA) is 58.6 Å². The molecule has 2 fully saturated rings. The molecule has 1 aliphatic carbocycles. The van der Waals surface area contributed by atoms with Gasteiger partial charge in [0.2, 0.25) is 0 Å². The van der Waals surface area contributed by atoms with Crippen LogP contribution in [-0.2, 0) is 20.9 Å². The first-order valence-electron chi connectivity index (χ1n) is 8.96. The maximum Gasteiger partial charge on any atom is 0.313 e. The molecule has 1 N–H and O–H groups in total. The van der Waals surface area contributed by atoms with Gasteiger partial charge < -0.3 is 15.0 Å². The SMILES string of the molecule is CC[C@@H]1CCCN1C(=O)C(=O)Nc1cccc(COCC2CC2)c1. The Kier molecular flexibility index (Phi) is 5.51. The first-order chi connectivity index (χ1) is 11.7. The van der Waals surface area contributed by atoms with Crippen LogP contribution in [0.5, 0.6) is 0 Å². The number of nitrogens with one attached hydrogen (secondary N) is 1. The Labute approximate surface area is 143 Å². The third-order valence-electron chi connectivity index (χ3n) is 4.81. The highest BCUT2D eigenvalue weighted by Crippen LogP contribution is 2.29. The number of amides is 2. The van der Waals surface area contributed by atoms with Crippen molar-refractivity contribution in [2.24, 2.45) is 5.92 Å². The number of anilines is 1. The molecule has 1 aromatic carbocycles. The molecule has 0 spiro atoms. The fourth-order valence-electron chi connectivity index (χ4n) is 3.21. The van der Waals surface area contributed by atoms with Gasteiger partial charge in [-0.25, -0.2) is 0 Å². The summed E-state index contributed by atoms with van der Waals surface area (Å²) in [4.78, 5) is 26.3. The summed E-state index contributed by atoms with van der Waals surface area (Å²) in [7, 11) is 0. The van der Waals surface area contributed by atoms with Gasteiger partial charge in [-0.2, -0.15) is 0 Å². The standard InChI is InChI=1S/C19H26N2O3/c1-2-17-7-4-10-21(17)19(23)18(22)20-16-6-3-5-15(11-16)13-24-12-14-8-9-14/h3,5-6,11,14,17H,2,4,7-10,12-13H2,1H3,(H,20,22)/t17-/m1/s1. The molecule has 1 atom stereocenters. The van der Waals surface area contributed by atoms with Crippen molar-refractivity contribution in [3.05, 3.63) is 29.8 Å². The van der Waals surface area contributed by atoms with E-state index < -0.39 is 11.8 Å². The van der Waals surface area contributed by atoms with Crippen LogP contribution in [0.25, 0.3) is 0 Å². The zero-order valence-corrected chi connectivity index (χ0v) is 14.3. The van der Waals surface area contributed by atoms with Crippen molar-refractivity contribution in [1.82, 2.24) is 4.90 Å². The minimum absolute atomic E-state index is 0.199. The molecule has 130 valence electrons. The molecule has 1 aliphatic heterocycles. The van der Waals surface area contributed by atoms with Crippen molar-refractivity contribution < 1.29 is 14.3 Å². The summed E-state index contributed by atoms with van der Waals surface area (Å²) in [5.41, 5.74) is 1.65. The number of hydrogen-bond acceptors (Lipinski definition) is 3. The summed E-state index contributed by atoms with van der Waals surface area (Å²) < 4.78 is 5.67. The van der Waals surface area contributed by atoms with Gasteiger partial charge in [-0.05, 0) is 55.7 Å². The maximum absolute atomic E-state index is 12.3. The molecule has 0 aromatic heterocycles. The number of hydrogen-bond donors (Lipinski definition) is 1. The predicted molar refractivity (Wildman–Crippen MR) is 92.5 cm³/mol. The second kappa shape index (κ2) is 7.79. The van der Waals surface area contributed by atoms with E-state index in [1.54, 1.807) is 11.0 Å². The van der Waals surface area contributed by atoms with Gasteiger partial charge in [0.15, 0.2) is 0 Å². The molecule has 1 saturated heterocycles. The molecule has 2 aliphatic rings. The van der Waals surface area contributed by atoms with Gasteiger partial charge in [-0.3, -0.25) is 9.59 Å². The molecular weight excluding hydrogens is 304 g/mol. The number of carbonyl (C=O) groups excluding carboxylic acids is 2. The molecule has 5 heteroatoms. The monoisotopic (exact) mass is 330 g/mol. The Morgan fingerprint density at radius 2 is 2.12 bits per heavy atom. The quantitative estimate of drug-likeness (QED) is 0.816. The van der Waals surface area contributed by atoms with E-state index in [4.69, 9.17) is 4.74 Å². The van der Waals surface area contributed by atoms with E-state index in [0.29, 0.717) is 18.8 Å². The van der Waals surface area contributed by atoms with E-state index in [0.717, 1.165) is 37.4 Å². The zero-order valence-electron chi connectivity index (χ0n) is 14.3. The Morgan fingerprint density at radius 3 is 2.88 bits per heavy atom. The zero-order chi connectivity index (χ0) is 16.9. The van der Waals surface area contributed by atoms with Crippen LogP contribution in [0.2, 0.25) is 0 Å². The lowest BCUT2D eigenvalue weighted by Crippen LogP contribution is -2.42. The summed E-state index contributed by atoms with van der Waals surface area (Å²) in [6.45, 7) is 4.08. The van der Waals surface area contributed by atoms with E-state index in [2.05, 4.69) is 12.2 Å². The Hall–Kier alpha value is -1.88. The van der Waals surface area contributed by atoms with Gasteiger partial charge in [0.25, 0.3) is 0 Å². The van der Waals surface area contributed by atoms with Crippen LogP contribution in [0.1, 0.15) is 44.6 Å². The van der Waals surface area contributed by atoms with Gasteiger partial charge in [0, 0.05) is 24.9 Å². The van der Waals surface area contributed by atoms with Crippen LogP contribution in [0.15, 0.2) is 24.3 Å². The summed E-state index contributed by atoms with van der Waals surface area (Å²) in [6, 6.07) is 7.72. The molecule has 24 heavy (non-hydrogen) atoms. The first kappa shape index (κ1) is 17.0. The third kappa shape index (κ3) is 4.35. The maximum atomic E-state index is 12.3. The highest BCUT2D eigenvalue weighted by atomic mass is 16.5. The van der Waals surface area contributed by atoms with E-state index in [9.17, 15) is 9.59 Å². The molecular formula is C19H26N2O3. The summed E-state index contributed by atoms with van der Waals surface area (Å²) in [5.74, 6) is -0.237. The lowest BCUT2D eigenvalue weighted by molar-refractivity contribution is -0.143. The molecule has 2 amide bonds. The van der Waals surface area contributed by atoms with Crippen LogP contribution in [0.3, 0.4) is 0 Å². The van der Waals surface area contributed by atoms with Gasteiger partial charge in [0.05, 0.1) is 6.61 Å². The molecule has 3 rings (SSSR count). The van der Waals surface area contributed by atoms with Crippen molar-refractivity contribution >= 4 is 17.5 Å². The highest BCUT2D eigenvalue weighted by Gasteiger charge is 2.31. The number of nitrogens with zero attached hydrogens (tertiary/aromatic N) is 1. The van der Waals surface area contributed by atoms with E-state index in [1.165, 1.54) is 12.8 Å². The second-order valence-corrected chi connectivity index (χ2v) is 6.82. The van der Waals surface area contributed by atoms with Crippen LogP contribution in [0.4, 0.5) is 5.69 Å². The minimum Gasteiger partial charge on any atom is -0.376 e. The average molecular weight is 330 g/mol. The lowest BCUT2D eigenvalue weighted by Gasteiger charge is -2.22. The summed E-state index contributed by atoms with van der Waals surface area (Å²) in [6.07, 6.45) is 5.41. The number of ether oxygens (including phenoxy) is 1. The second-order valence-electron chi connectivity index (χ2n) is 6.82. The Morgan fingerprint density at radius 1 is 1.29 bits per heavy atom. The molecule has 0 unspecified atom stereocenters. The average Bonchev–Trinajstić information content (AvgIpc) is 3.28. The lowest BCUT2D eigenvalue weighted by atomic mass is 10.1. The molecule has 0 bridgehead atoms. The Balaban J connectivity index is 1.54. The molecule has 5 nitrogen and oxygen atoms in total. The third-order valence-corrected chi connectivity index (χ3v) is 4.81. The number of benzene rings is 1. The fraction of sp³-hybridized carbons (Fsp3) is 0.579. The first-order valence-corrected chi connectivity index (χ1v) is 8.96. The van der Waals surface area contributed by atoms with E-state index >= 15 is 0 Å². The molecule has 1 saturated carbocycles. The van der Waals surface area contributed by atoms with Gasteiger partial charge in [-0.15, -0.1) is 0 Å². The van der Waals surface area contributed by atoms with Crippen LogP contribution >= 0.6 is 0 Å². The van der Waals surface area contributed by atoms with E-state index in [1.807, 2.05) is 18.2 Å². The largest absolute Gasteiger partial charge is 0.376 e. The van der Waals surface area contributed by atoms with Crippen molar-refractivity contribution in [2.75, 3.05) is 18.5 Å². The number of likely N-dealkylation sites (tertiary alicyclic amines) is 1. The molecule has 1 heterocycles. The van der Waals surface area contributed by atoms with Gasteiger partial charge in [-0.1, -0.05) is 19.1 Å². The molecule has 1 aromatic rings. The fourth-order valence-corrected chi connectivity index (χ4v) is 3.21. The van der Waals surface area contributed by atoms with Crippen molar-refractivity contribution in [2.45, 2.75) is 51.7 Å². The van der Waals surface area contributed by atoms with Gasteiger partial charge in [0.1, 0.15) is 0 Å². The normalized spacial score (nSPS) is 20.2. The summed E-state index contributed by atoms with van der Waals surface area (Å²) in [5, 5.41) is 2.73. The summed E-state index contributed by atoms with van der Waals surface area (Å²) >= 11 is 0.